The molecule has 2 heterocycles. The lowest BCUT2D eigenvalue weighted by molar-refractivity contribution is 0.0592. The number of methoxy groups -OCH3 is 1. The number of ether oxygens (including phenoxy) is 1. The second-order valence-electron chi connectivity index (χ2n) is 5.22. The highest BCUT2D eigenvalue weighted by atomic mass is 16.5. The van der Waals surface area contributed by atoms with Gasteiger partial charge < -0.3 is 14.5 Å². The maximum absolute atomic E-state index is 11.7. The van der Waals surface area contributed by atoms with E-state index in [1.54, 1.807) is 17.9 Å². The molecule has 1 N–H and O–H groups in total. The summed E-state index contributed by atoms with van der Waals surface area (Å²) in [5.41, 5.74) is 3.67. The van der Waals surface area contributed by atoms with E-state index in [0.717, 1.165) is 16.8 Å². The molecule has 8 heteroatoms. The van der Waals surface area contributed by atoms with Crippen LogP contribution in [0.15, 0.2) is 35.1 Å². The Morgan fingerprint density at radius 1 is 1.42 bits per heavy atom. The molecule has 8 nitrogen and oxygen atoms in total. The van der Waals surface area contributed by atoms with E-state index in [2.05, 4.69) is 20.6 Å². The van der Waals surface area contributed by atoms with E-state index in [1.807, 2.05) is 25.1 Å². The van der Waals surface area contributed by atoms with Gasteiger partial charge in [-0.05, 0) is 24.6 Å². The molecule has 0 bridgehead atoms. The zero-order chi connectivity index (χ0) is 17.1. The third-order valence-corrected chi connectivity index (χ3v) is 3.68. The highest BCUT2D eigenvalue weighted by Crippen LogP contribution is 2.24. The van der Waals surface area contributed by atoms with Gasteiger partial charge in [0.05, 0.1) is 25.5 Å². The van der Waals surface area contributed by atoms with Gasteiger partial charge in [0.15, 0.2) is 5.69 Å². The highest BCUT2D eigenvalue weighted by Gasteiger charge is 2.18. The quantitative estimate of drug-likeness (QED) is 0.718. The lowest BCUT2D eigenvalue weighted by Crippen LogP contribution is -2.12. The second-order valence-corrected chi connectivity index (χ2v) is 5.22. The number of anilines is 1. The zero-order valence-electron chi connectivity index (χ0n) is 13.6. The molecule has 0 unspecified atom stereocenters. The van der Waals surface area contributed by atoms with Crippen LogP contribution < -0.4 is 5.32 Å². The number of aryl methyl sites for hydroxylation is 2. The molecule has 3 rings (SSSR count). The van der Waals surface area contributed by atoms with Crippen molar-refractivity contribution in [3.8, 4) is 11.5 Å². The molecule has 2 aromatic heterocycles. The Balaban J connectivity index is 1.84. The molecule has 0 aliphatic rings. The number of hydrogen-bond donors (Lipinski definition) is 1. The average molecular weight is 327 g/mol. The Morgan fingerprint density at radius 3 is 2.96 bits per heavy atom. The SMILES string of the molecule is COC(=O)c1nnn(C)c1CNc1cc(-c2ncco2)ccc1C. The third kappa shape index (κ3) is 2.98. The summed E-state index contributed by atoms with van der Waals surface area (Å²) in [7, 11) is 3.05. The van der Waals surface area contributed by atoms with Crippen molar-refractivity contribution >= 4 is 11.7 Å². The number of aromatic nitrogens is 4. The minimum atomic E-state index is -0.509. The van der Waals surface area contributed by atoms with E-state index < -0.39 is 5.97 Å². The van der Waals surface area contributed by atoms with Crippen LogP contribution in [0, 0.1) is 6.92 Å². The molecule has 0 atom stereocenters. The molecule has 3 aromatic rings. The van der Waals surface area contributed by atoms with Gasteiger partial charge in [0.25, 0.3) is 0 Å². The number of carbonyl (C=O) groups excluding carboxylic acids is 1. The fraction of sp³-hybridized carbons (Fsp3) is 0.250. The number of esters is 1. The van der Waals surface area contributed by atoms with Gasteiger partial charge in [0, 0.05) is 18.3 Å². The summed E-state index contributed by atoms with van der Waals surface area (Å²) in [4.78, 5) is 15.9. The molecule has 1 aromatic carbocycles. The molecule has 0 radical (unpaired) electrons. The predicted molar refractivity (Wildman–Crippen MR) is 86.3 cm³/mol. The van der Waals surface area contributed by atoms with Crippen molar-refractivity contribution in [1.29, 1.82) is 0 Å². The maximum atomic E-state index is 11.7. The first kappa shape index (κ1) is 15.7. The van der Waals surface area contributed by atoms with Crippen molar-refractivity contribution < 1.29 is 13.9 Å². The molecule has 0 fully saturated rings. The summed E-state index contributed by atoms with van der Waals surface area (Å²) < 4.78 is 11.6. The fourth-order valence-electron chi connectivity index (χ4n) is 2.32. The van der Waals surface area contributed by atoms with Crippen molar-refractivity contribution in [1.82, 2.24) is 20.0 Å². The Bertz CT molecular complexity index is 855. The van der Waals surface area contributed by atoms with Crippen LogP contribution in [0.1, 0.15) is 21.7 Å². The molecule has 124 valence electrons. The lowest BCUT2D eigenvalue weighted by Gasteiger charge is -2.11. The number of carbonyl (C=O) groups is 1. The van der Waals surface area contributed by atoms with Gasteiger partial charge in [-0.25, -0.2) is 14.5 Å². The van der Waals surface area contributed by atoms with Gasteiger partial charge in [-0.2, -0.15) is 0 Å². The minimum absolute atomic E-state index is 0.203. The van der Waals surface area contributed by atoms with Crippen LogP contribution in [0.3, 0.4) is 0 Å². The molecule has 24 heavy (non-hydrogen) atoms. The molecular weight excluding hydrogens is 310 g/mol. The number of nitrogens with zero attached hydrogens (tertiary/aromatic N) is 4. The highest BCUT2D eigenvalue weighted by molar-refractivity contribution is 5.88. The van der Waals surface area contributed by atoms with Gasteiger partial charge >= 0.3 is 5.97 Å². The van der Waals surface area contributed by atoms with Gasteiger partial charge in [-0.3, -0.25) is 0 Å². The van der Waals surface area contributed by atoms with Crippen molar-refractivity contribution in [2.45, 2.75) is 13.5 Å². The Hall–Kier alpha value is -3.16. The Labute approximate surface area is 138 Å². The van der Waals surface area contributed by atoms with Crippen molar-refractivity contribution in [2.24, 2.45) is 7.05 Å². The maximum Gasteiger partial charge on any atom is 0.360 e. The largest absolute Gasteiger partial charge is 0.464 e. The van der Waals surface area contributed by atoms with Gasteiger partial charge in [-0.15, -0.1) is 5.10 Å². The third-order valence-electron chi connectivity index (χ3n) is 3.68. The normalized spacial score (nSPS) is 10.6. The molecule has 0 saturated carbocycles. The van der Waals surface area contributed by atoms with E-state index in [9.17, 15) is 4.79 Å². The number of hydrogen-bond acceptors (Lipinski definition) is 7. The van der Waals surface area contributed by atoms with Gasteiger partial charge in [0.1, 0.15) is 6.26 Å². The average Bonchev–Trinajstić information content (AvgIpc) is 3.23. The first-order chi connectivity index (χ1) is 11.6. The fourth-order valence-corrected chi connectivity index (χ4v) is 2.32. The topological polar surface area (TPSA) is 95.1 Å². The smallest absolute Gasteiger partial charge is 0.360 e. The van der Waals surface area contributed by atoms with E-state index in [4.69, 9.17) is 9.15 Å². The molecule has 0 aliphatic carbocycles. The van der Waals surface area contributed by atoms with Crippen LogP contribution in [0.5, 0.6) is 0 Å². The summed E-state index contributed by atoms with van der Waals surface area (Å²) in [5.74, 6) is 0.0423. The summed E-state index contributed by atoms with van der Waals surface area (Å²) in [5, 5.41) is 11.0. The number of rotatable bonds is 5. The second kappa shape index (κ2) is 6.53. The first-order valence-electron chi connectivity index (χ1n) is 7.31. The monoisotopic (exact) mass is 327 g/mol. The Kier molecular flexibility index (Phi) is 4.28. The van der Waals surface area contributed by atoms with Crippen molar-refractivity contribution in [3.63, 3.8) is 0 Å². The van der Waals surface area contributed by atoms with Crippen molar-refractivity contribution in [3.05, 3.63) is 47.6 Å². The van der Waals surface area contributed by atoms with Crippen LogP contribution in [-0.4, -0.2) is 33.1 Å². The zero-order valence-corrected chi connectivity index (χ0v) is 13.6. The molecular formula is C16H17N5O3. The Morgan fingerprint density at radius 2 is 2.25 bits per heavy atom. The molecule has 0 saturated heterocycles. The van der Waals surface area contributed by atoms with E-state index in [0.29, 0.717) is 18.1 Å². The minimum Gasteiger partial charge on any atom is -0.464 e. The lowest BCUT2D eigenvalue weighted by atomic mass is 10.1. The van der Waals surface area contributed by atoms with Crippen LogP contribution >= 0.6 is 0 Å². The van der Waals surface area contributed by atoms with Gasteiger partial charge in [-0.1, -0.05) is 11.3 Å². The van der Waals surface area contributed by atoms with Crippen LogP contribution in [-0.2, 0) is 18.3 Å². The standard InChI is InChI=1S/C16H17N5O3/c1-10-4-5-11(15-17-6-7-24-15)8-12(10)18-9-13-14(16(22)23-3)19-20-21(13)2/h4-8,18H,9H2,1-3H3. The summed E-state index contributed by atoms with van der Waals surface area (Å²) >= 11 is 0. The molecule has 0 spiro atoms. The van der Waals surface area contributed by atoms with Crippen LogP contribution in [0.2, 0.25) is 0 Å². The van der Waals surface area contributed by atoms with E-state index >= 15 is 0 Å². The first-order valence-corrected chi connectivity index (χ1v) is 7.31. The molecule has 0 aliphatic heterocycles. The van der Waals surface area contributed by atoms with E-state index in [1.165, 1.54) is 13.4 Å². The van der Waals surface area contributed by atoms with E-state index in [-0.39, 0.29) is 5.69 Å². The van der Waals surface area contributed by atoms with Gasteiger partial charge in [0.2, 0.25) is 5.89 Å². The predicted octanol–water partition coefficient (Wildman–Crippen LogP) is 2.18. The number of nitrogens with one attached hydrogen (secondary N) is 1. The summed E-state index contributed by atoms with van der Waals surface area (Å²) in [6.45, 7) is 2.37. The number of oxazole rings is 1. The van der Waals surface area contributed by atoms with Crippen LogP contribution in [0.25, 0.3) is 11.5 Å². The summed E-state index contributed by atoms with van der Waals surface area (Å²) in [6, 6.07) is 5.87. The molecule has 0 amide bonds. The number of benzene rings is 1. The summed E-state index contributed by atoms with van der Waals surface area (Å²) in [6.07, 6.45) is 3.14. The van der Waals surface area contributed by atoms with Crippen LogP contribution in [0.4, 0.5) is 5.69 Å². The van der Waals surface area contributed by atoms with Crippen molar-refractivity contribution in [2.75, 3.05) is 12.4 Å².